The van der Waals surface area contributed by atoms with Crippen LogP contribution in [0.5, 0.6) is 0 Å². The number of hydrogen-bond acceptors (Lipinski definition) is 6. The number of carbonyl (C=O) groups is 4. The molecule has 6 N–H and O–H groups in total. The predicted molar refractivity (Wildman–Crippen MR) is 110 cm³/mol. The van der Waals surface area contributed by atoms with Crippen LogP contribution in [0.3, 0.4) is 0 Å². The summed E-state index contributed by atoms with van der Waals surface area (Å²) in [7, 11) is 0. The van der Waals surface area contributed by atoms with E-state index in [-0.39, 0.29) is 30.2 Å². The quantitative estimate of drug-likeness (QED) is 0.241. The van der Waals surface area contributed by atoms with Gasteiger partial charge in [-0.1, -0.05) is 34.1 Å². The van der Waals surface area contributed by atoms with E-state index in [2.05, 4.69) is 21.3 Å². The first-order valence-electron chi connectivity index (χ1n) is 10.6. The third-order valence-corrected chi connectivity index (χ3v) is 5.31. The molecule has 0 aromatic rings. The molecule has 10 nitrogen and oxygen atoms in total. The van der Waals surface area contributed by atoms with Crippen molar-refractivity contribution >= 4 is 23.7 Å². The summed E-state index contributed by atoms with van der Waals surface area (Å²) in [6.45, 7) is 7.38. The van der Waals surface area contributed by atoms with Gasteiger partial charge in [0, 0.05) is 0 Å². The van der Waals surface area contributed by atoms with Crippen LogP contribution in [0, 0.1) is 11.8 Å². The van der Waals surface area contributed by atoms with Gasteiger partial charge < -0.3 is 31.5 Å². The number of carboxylic acids is 1. The van der Waals surface area contributed by atoms with E-state index in [0.717, 1.165) is 13.0 Å². The molecule has 5 unspecified atom stereocenters. The van der Waals surface area contributed by atoms with E-state index in [1.54, 1.807) is 0 Å². The van der Waals surface area contributed by atoms with Crippen molar-refractivity contribution in [2.45, 2.75) is 77.5 Å². The van der Waals surface area contributed by atoms with Crippen LogP contribution in [0.25, 0.3) is 0 Å². The van der Waals surface area contributed by atoms with Crippen LogP contribution in [0.2, 0.25) is 0 Å². The molecular weight excluding hydrogens is 392 g/mol. The smallest absolute Gasteiger partial charge is 0.326 e. The summed E-state index contributed by atoms with van der Waals surface area (Å²) < 4.78 is 0. The topological polar surface area (TPSA) is 157 Å². The molecule has 0 saturated carbocycles. The number of carbonyl (C=O) groups excluding carboxylic acids is 3. The zero-order chi connectivity index (χ0) is 22.8. The van der Waals surface area contributed by atoms with Crippen molar-refractivity contribution in [1.82, 2.24) is 21.3 Å². The average Bonchev–Trinajstić information content (AvgIpc) is 3.23. The standard InChI is InChI=1S/C20H36N4O6/c1-5-12(4)16(24-17(26)13-7-6-8-21-13)19(28)23-15(10-25)18(27)22-14(20(29)30)9-11(2)3/h11-16,21,25H,5-10H2,1-4H3,(H,22,27)(H,23,28)(H,24,26)(H,29,30). The minimum atomic E-state index is -1.32. The van der Waals surface area contributed by atoms with Crippen LogP contribution in [0.4, 0.5) is 0 Å². The van der Waals surface area contributed by atoms with Gasteiger partial charge in [0.05, 0.1) is 12.6 Å². The van der Waals surface area contributed by atoms with E-state index in [1.165, 1.54) is 0 Å². The molecule has 1 saturated heterocycles. The molecule has 1 aliphatic rings. The summed E-state index contributed by atoms with van der Waals surface area (Å²) in [5.41, 5.74) is 0. The Bertz CT molecular complexity index is 606. The molecule has 0 radical (unpaired) electrons. The lowest BCUT2D eigenvalue weighted by molar-refractivity contribution is -0.143. The fourth-order valence-electron chi connectivity index (χ4n) is 3.28. The summed E-state index contributed by atoms with van der Waals surface area (Å²) in [5.74, 6) is -3.02. The summed E-state index contributed by atoms with van der Waals surface area (Å²) in [6.07, 6.45) is 2.40. The summed E-state index contributed by atoms with van der Waals surface area (Å²) in [5, 5.41) is 29.5. The highest BCUT2D eigenvalue weighted by atomic mass is 16.4. The predicted octanol–water partition coefficient (Wildman–Crippen LogP) is -0.638. The number of rotatable bonds is 12. The third-order valence-electron chi connectivity index (χ3n) is 5.31. The van der Waals surface area contributed by atoms with Gasteiger partial charge >= 0.3 is 5.97 Å². The van der Waals surface area contributed by atoms with Crippen LogP contribution >= 0.6 is 0 Å². The SMILES string of the molecule is CCC(C)C(NC(=O)C1CCCN1)C(=O)NC(CO)C(=O)NC(CC(C)C)C(=O)O. The second-order valence-corrected chi connectivity index (χ2v) is 8.29. The molecule has 0 spiro atoms. The van der Waals surface area contributed by atoms with Gasteiger partial charge in [0.1, 0.15) is 18.1 Å². The normalized spacial score (nSPS) is 20.1. The monoisotopic (exact) mass is 428 g/mol. The minimum absolute atomic E-state index is 0.0303. The highest BCUT2D eigenvalue weighted by molar-refractivity contribution is 5.94. The first-order chi connectivity index (χ1) is 14.1. The molecule has 0 bridgehead atoms. The number of aliphatic carboxylic acids is 1. The number of aliphatic hydroxyl groups is 1. The summed E-state index contributed by atoms with van der Waals surface area (Å²) in [4.78, 5) is 49.1. The number of nitrogens with one attached hydrogen (secondary N) is 4. The lowest BCUT2D eigenvalue weighted by Crippen LogP contribution is -2.59. The average molecular weight is 429 g/mol. The van der Waals surface area contributed by atoms with Crippen molar-refractivity contribution in [3.8, 4) is 0 Å². The molecule has 172 valence electrons. The van der Waals surface area contributed by atoms with E-state index in [1.807, 2.05) is 27.7 Å². The Morgan fingerprint density at radius 3 is 2.13 bits per heavy atom. The molecular formula is C20H36N4O6. The molecule has 10 heteroatoms. The van der Waals surface area contributed by atoms with Gasteiger partial charge in [0.25, 0.3) is 0 Å². The highest BCUT2D eigenvalue weighted by Gasteiger charge is 2.33. The van der Waals surface area contributed by atoms with Gasteiger partial charge in [0.2, 0.25) is 17.7 Å². The molecule has 5 atom stereocenters. The number of carboxylic acid groups (broad SMARTS) is 1. The lowest BCUT2D eigenvalue weighted by atomic mass is 9.97. The summed E-state index contributed by atoms with van der Waals surface area (Å²) in [6, 6.07) is -3.67. The largest absolute Gasteiger partial charge is 0.480 e. The Kier molecular flexibility index (Phi) is 10.8. The maximum atomic E-state index is 12.8. The zero-order valence-corrected chi connectivity index (χ0v) is 18.2. The van der Waals surface area contributed by atoms with E-state index >= 15 is 0 Å². The Morgan fingerprint density at radius 1 is 1.03 bits per heavy atom. The van der Waals surface area contributed by atoms with Crippen molar-refractivity contribution in [3.63, 3.8) is 0 Å². The van der Waals surface area contributed by atoms with Crippen LogP contribution in [-0.2, 0) is 19.2 Å². The van der Waals surface area contributed by atoms with Crippen molar-refractivity contribution in [1.29, 1.82) is 0 Å². The molecule has 1 heterocycles. The fraction of sp³-hybridized carbons (Fsp3) is 0.800. The second kappa shape index (κ2) is 12.5. The van der Waals surface area contributed by atoms with Crippen molar-refractivity contribution in [3.05, 3.63) is 0 Å². The van der Waals surface area contributed by atoms with Crippen molar-refractivity contribution in [2.75, 3.05) is 13.2 Å². The van der Waals surface area contributed by atoms with Crippen LogP contribution in [0.1, 0.15) is 53.4 Å². The Morgan fingerprint density at radius 2 is 1.67 bits per heavy atom. The Labute approximate surface area is 177 Å². The zero-order valence-electron chi connectivity index (χ0n) is 18.2. The van der Waals surface area contributed by atoms with Crippen molar-refractivity contribution in [2.24, 2.45) is 11.8 Å². The lowest BCUT2D eigenvalue weighted by Gasteiger charge is -2.27. The summed E-state index contributed by atoms with van der Waals surface area (Å²) >= 11 is 0. The molecule has 0 aromatic carbocycles. The van der Waals surface area contributed by atoms with Gasteiger partial charge in [-0.25, -0.2) is 4.79 Å². The van der Waals surface area contributed by atoms with E-state index in [0.29, 0.717) is 12.8 Å². The van der Waals surface area contributed by atoms with E-state index in [4.69, 9.17) is 0 Å². The van der Waals surface area contributed by atoms with E-state index in [9.17, 15) is 29.4 Å². The fourth-order valence-corrected chi connectivity index (χ4v) is 3.28. The molecule has 1 aliphatic heterocycles. The molecule has 3 amide bonds. The number of hydrogen-bond donors (Lipinski definition) is 6. The minimum Gasteiger partial charge on any atom is -0.480 e. The number of aliphatic hydroxyl groups excluding tert-OH is 1. The molecule has 1 fully saturated rings. The van der Waals surface area contributed by atoms with Crippen LogP contribution < -0.4 is 21.3 Å². The Balaban J connectivity index is 2.81. The molecule has 0 aliphatic carbocycles. The molecule has 1 rings (SSSR count). The van der Waals surface area contributed by atoms with E-state index < -0.39 is 42.5 Å². The van der Waals surface area contributed by atoms with Crippen LogP contribution in [0.15, 0.2) is 0 Å². The van der Waals surface area contributed by atoms with Crippen molar-refractivity contribution < 1.29 is 29.4 Å². The van der Waals surface area contributed by atoms with Gasteiger partial charge in [-0.3, -0.25) is 14.4 Å². The molecule has 30 heavy (non-hydrogen) atoms. The maximum absolute atomic E-state index is 12.8. The van der Waals surface area contributed by atoms with Gasteiger partial charge in [0.15, 0.2) is 0 Å². The second-order valence-electron chi connectivity index (χ2n) is 8.29. The highest BCUT2D eigenvalue weighted by Crippen LogP contribution is 2.11. The van der Waals surface area contributed by atoms with Gasteiger partial charge in [-0.15, -0.1) is 0 Å². The van der Waals surface area contributed by atoms with Crippen LogP contribution in [-0.4, -0.2) is 71.2 Å². The third kappa shape index (κ3) is 7.91. The maximum Gasteiger partial charge on any atom is 0.326 e. The first kappa shape index (κ1) is 25.8. The van der Waals surface area contributed by atoms with Gasteiger partial charge in [-0.2, -0.15) is 0 Å². The first-order valence-corrected chi connectivity index (χ1v) is 10.6. The Hall–Kier alpha value is -2.20. The number of amides is 3. The van der Waals surface area contributed by atoms with Gasteiger partial charge in [-0.05, 0) is 37.6 Å². The molecule has 0 aromatic heterocycles.